The quantitative estimate of drug-likeness (QED) is 0.574. The Labute approximate surface area is 196 Å². The second-order valence-electron chi connectivity index (χ2n) is 10.2. The van der Waals surface area contributed by atoms with Crippen molar-refractivity contribution in [2.45, 2.75) is 75.3 Å². The monoisotopic (exact) mass is 450 g/mol. The lowest BCUT2D eigenvalue weighted by Crippen LogP contribution is -2.44. The summed E-state index contributed by atoms with van der Waals surface area (Å²) in [6.45, 7) is 5.06. The van der Waals surface area contributed by atoms with Gasteiger partial charge in [0.1, 0.15) is 6.04 Å². The van der Waals surface area contributed by atoms with Gasteiger partial charge in [0.2, 0.25) is 0 Å². The molecule has 0 bridgehead atoms. The second kappa shape index (κ2) is 9.30. The molecule has 2 aliphatic carbocycles. The Kier molecular flexibility index (Phi) is 6.05. The van der Waals surface area contributed by atoms with E-state index in [1.807, 2.05) is 6.08 Å². The summed E-state index contributed by atoms with van der Waals surface area (Å²) in [6.07, 6.45) is 19.0. The van der Waals surface area contributed by atoms with Crippen LogP contribution in [0.1, 0.15) is 44.9 Å². The van der Waals surface area contributed by atoms with Gasteiger partial charge in [-0.05, 0) is 80.8 Å². The average Bonchev–Trinajstić information content (AvgIpc) is 3.33. The van der Waals surface area contributed by atoms with Crippen molar-refractivity contribution in [3.05, 3.63) is 58.9 Å². The molecule has 33 heavy (non-hydrogen) atoms. The van der Waals surface area contributed by atoms with Crippen molar-refractivity contribution in [1.82, 2.24) is 9.80 Å². The molecule has 6 aliphatic rings. The highest BCUT2D eigenvalue weighted by atomic mass is 19.1. The van der Waals surface area contributed by atoms with Crippen molar-refractivity contribution >= 4 is 0 Å². The number of azo groups is 1. The Bertz CT molecular complexity index is 934. The number of nitrogens with zero attached hydrogens (tertiary/aromatic N) is 4. The van der Waals surface area contributed by atoms with Gasteiger partial charge < -0.3 is 14.5 Å². The molecule has 0 spiro atoms. The van der Waals surface area contributed by atoms with Crippen LogP contribution in [0.5, 0.6) is 0 Å². The number of rotatable bonds is 3. The van der Waals surface area contributed by atoms with E-state index < -0.39 is 6.17 Å². The highest BCUT2D eigenvalue weighted by Crippen LogP contribution is 2.38. The highest BCUT2D eigenvalue weighted by molar-refractivity contribution is 5.39. The van der Waals surface area contributed by atoms with E-state index in [-0.39, 0.29) is 18.2 Å². The molecule has 2 fully saturated rings. The third-order valence-corrected chi connectivity index (χ3v) is 8.31. The molecule has 4 heterocycles. The number of likely N-dealkylation sites (tertiary alicyclic amines) is 2. The van der Waals surface area contributed by atoms with Crippen LogP contribution in [0.25, 0.3) is 0 Å². The molecule has 6 rings (SSSR count). The zero-order valence-corrected chi connectivity index (χ0v) is 19.4. The number of ether oxygens (including phenoxy) is 1. The molecule has 176 valence electrons. The summed E-state index contributed by atoms with van der Waals surface area (Å²) in [5.74, 6) is 0. The van der Waals surface area contributed by atoms with Crippen LogP contribution >= 0.6 is 0 Å². The zero-order chi connectivity index (χ0) is 22.2. The van der Waals surface area contributed by atoms with Crippen molar-refractivity contribution in [3.8, 4) is 0 Å². The summed E-state index contributed by atoms with van der Waals surface area (Å²) in [7, 11) is 0. The van der Waals surface area contributed by atoms with Gasteiger partial charge in [-0.3, -0.25) is 0 Å². The maximum Gasteiger partial charge on any atom is 0.158 e. The molecule has 5 nitrogen and oxygen atoms in total. The Morgan fingerprint density at radius 1 is 1.00 bits per heavy atom. The summed E-state index contributed by atoms with van der Waals surface area (Å²) in [5, 5.41) is 9.38. The normalized spacial score (nSPS) is 35.2. The zero-order valence-electron chi connectivity index (χ0n) is 19.4. The van der Waals surface area contributed by atoms with Crippen LogP contribution in [-0.4, -0.2) is 73.0 Å². The van der Waals surface area contributed by atoms with Crippen LogP contribution in [0.4, 0.5) is 4.39 Å². The Hall–Kier alpha value is -2.05. The topological polar surface area (TPSA) is 40.4 Å². The molecule has 0 aromatic carbocycles. The lowest BCUT2D eigenvalue weighted by Gasteiger charge is -2.40. The predicted molar refractivity (Wildman–Crippen MR) is 128 cm³/mol. The minimum atomic E-state index is -1.04. The van der Waals surface area contributed by atoms with Gasteiger partial charge in [-0.1, -0.05) is 30.4 Å². The number of halogens is 1. The molecule has 0 N–H and O–H groups in total. The highest BCUT2D eigenvalue weighted by Gasteiger charge is 2.35. The van der Waals surface area contributed by atoms with E-state index in [1.54, 1.807) is 0 Å². The number of fused-ring (bicyclic) bond motifs is 3. The van der Waals surface area contributed by atoms with Crippen molar-refractivity contribution in [2.24, 2.45) is 10.2 Å². The molecule has 0 radical (unpaired) electrons. The number of hydrogen-bond donors (Lipinski definition) is 0. The van der Waals surface area contributed by atoms with Gasteiger partial charge in [-0.2, -0.15) is 10.2 Å². The molecule has 0 aromatic heterocycles. The molecular weight excluding hydrogens is 415 g/mol. The molecule has 6 heteroatoms. The molecule has 4 unspecified atom stereocenters. The van der Waals surface area contributed by atoms with Crippen molar-refractivity contribution in [2.75, 3.05) is 32.8 Å². The lowest BCUT2D eigenvalue weighted by molar-refractivity contribution is 0.102. The molecule has 2 saturated heterocycles. The van der Waals surface area contributed by atoms with Crippen LogP contribution in [0.15, 0.2) is 69.1 Å². The molecule has 0 saturated carbocycles. The van der Waals surface area contributed by atoms with Gasteiger partial charge in [-0.25, -0.2) is 4.39 Å². The van der Waals surface area contributed by atoms with Crippen molar-refractivity contribution in [3.63, 3.8) is 0 Å². The van der Waals surface area contributed by atoms with E-state index in [1.165, 1.54) is 37.1 Å². The number of allylic oxidation sites excluding steroid dienone is 4. The SMILES string of the molecule is FC1C=C(C2CC3=CCOC4CC=CC=C4C3N=N2)CC=C1N1CCC(N2CCCC2)CC1. The summed E-state index contributed by atoms with van der Waals surface area (Å²) >= 11 is 0. The van der Waals surface area contributed by atoms with Gasteiger partial charge in [-0.15, -0.1) is 0 Å². The second-order valence-corrected chi connectivity index (χ2v) is 10.2. The summed E-state index contributed by atoms with van der Waals surface area (Å²) in [6, 6.07) is 0.631. The average molecular weight is 451 g/mol. The molecule has 4 aliphatic heterocycles. The molecular formula is C27H35FN4O. The first-order valence-corrected chi connectivity index (χ1v) is 12.9. The summed E-state index contributed by atoms with van der Waals surface area (Å²) in [5.41, 5.74) is 4.42. The van der Waals surface area contributed by atoms with E-state index in [4.69, 9.17) is 9.85 Å². The van der Waals surface area contributed by atoms with Crippen LogP contribution in [0.3, 0.4) is 0 Å². The van der Waals surface area contributed by atoms with Gasteiger partial charge in [0, 0.05) is 24.8 Å². The molecule has 0 aromatic rings. The standard InChI is InChI=1S/C27H35FN4O/c28-23-17-19(7-8-25(23)32-14-9-21(10-15-32)31-12-3-4-13-31)24-18-20-11-16-33-26-6-2-1-5-22(26)27(20)30-29-24/h1-2,5,8,11,17,21,23-24,26-27H,3-4,6-7,9-10,12-16,18H2. The van der Waals surface area contributed by atoms with E-state index in [2.05, 4.69) is 45.3 Å². The predicted octanol–water partition coefficient (Wildman–Crippen LogP) is 4.90. The maximum atomic E-state index is 15.3. The van der Waals surface area contributed by atoms with E-state index in [0.717, 1.165) is 56.5 Å². The molecule has 4 atom stereocenters. The van der Waals surface area contributed by atoms with Gasteiger partial charge in [0.15, 0.2) is 6.17 Å². The van der Waals surface area contributed by atoms with Crippen molar-refractivity contribution < 1.29 is 9.13 Å². The summed E-state index contributed by atoms with van der Waals surface area (Å²) in [4.78, 5) is 4.94. The van der Waals surface area contributed by atoms with Crippen LogP contribution in [-0.2, 0) is 4.74 Å². The first-order valence-electron chi connectivity index (χ1n) is 12.9. The lowest BCUT2D eigenvalue weighted by atomic mass is 9.84. The number of hydrogen-bond acceptors (Lipinski definition) is 5. The minimum Gasteiger partial charge on any atom is -0.372 e. The number of alkyl halides is 1. The van der Waals surface area contributed by atoms with Crippen LogP contribution in [0, 0.1) is 0 Å². The Morgan fingerprint density at radius 2 is 1.85 bits per heavy atom. The van der Waals surface area contributed by atoms with Crippen LogP contribution in [0.2, 0.25) is 0 Å². The van der Waals surface area contributed by atoms with Gasteiger partial charge in [0.25, 0.3) is 0 Å². The van der Waals surface area contributed by atoms with E-state index in [9.17, 15) is 0 Å². The molecule has 0 amide bonds. The van der Waals surface area contributed by atoms with E-state index in [0.29, 0.717) is 12.6 Å². The van der Waals surface area contributed by atoms with Crippen molar-refractivity contribution in [1.29, 1.82) is 0 Å². The fourth-order valence-corrected chi connectivity index (χ4v) is 6.43. The van der Waals surface area contributed by atoms with E-state index >= 15 is 4.39 Å². The van der Waals surface area contributed by atoms with Gasteiger partial charge >= 0.3 is 0 Å². The first kappa shape index (κ1) is 21.5. The van der Waals surface area contributed by atoms with Gasteiger partial charge in [0.05, 0.1) is 18.8 Å². The largest absolute Gasteiger partial charge is 0.372 e. The third kappa shape index (κ3) is 4.28. The number of piperidine rings is 1. The minimum absolute atomic E-state index is 0.00734. The maximum absolute atomic E-state index is 15.3. The Balaban J connectivity index is 1.10. The summed E-state index contributed by atoms with van der Waals surface area (Å²) < 4.78 is 21.4. The van der Waals surface area contributed by atoms with Crippen LogP contribution < -0.4 is 0 Å². The fraction of sp³-hybridized carbons (Fsp3) is 0.630. The first-order chi connectivity index (χ1) is 16.3. The Morgan fingerprint density at radius 3 is 2.67 bits per heavy atom. The third-order valence-electron chi connectivity index (χ3n) is 8.31. The smallest absolute Gasteiger partial charge is 0.158 e. The fourth-order valence-electron chi connectivity index (χ4n) is 6.43.